The van der Waals surface area contributed by atoms with E-state index in [9.17, 15) is 4.39 Å². The molecule has 0 aliphatic carbocycles. The molecule has 0 saturated carbocycles. The largest absolute Gasteiger partial charge is 0.495 e. The van der Waals surface area contributed by atoms with E-state index in [1.165, 1.54) is 23.9 Å². The highest BCUT2D eigenvalue weighted by Crippen LogP contribution is 2.29. The van der Waals surface area contributed by atoms with E-state index in [1.807, 2.05) is 0 Å². The molecule has 0 aliphatic rings. The van der Waals surface area contributed by atoms with E-state index in [1.54, 1.807) is 6.92 Å². The Morgan fingerprint density at radius 1 is 1.50 bits per heavy atom. The first-order valence-electron chi connectivity index (χ1n) is 4.47. The van der Waals surface area contributed by atoms with Crippen molar-refractivity contribution in [2.75, 3.05) is 7.11 Å². The molecular weight excluding hydrogens is 233 g/mol. The van der Waals surface area contributed by atoms with Gasteiger partial charge in [-0.05, 0) is 13.0 Å². The van der Waals surface area contributed by atoms with Crippen molar-refractivity contribution in [1.82, 2.24) is 15.0 Å². The fourth-order valence-corrected chi connectivity index (χ4v) is 1.55. The molecule has 0 fully saturated rings. The quantitative estimate of drug-likeness (QED) is 0.808. The SMILES string of the molecule is COc1cc(F)c(-n2nn[c]c2C)cc1Cl. The third kappa shape index (κ3) is 1.74. The molecule has 6 heteroatoms. The van der Waals surface area contributed by atoms with Crippen LogP contribution in [-0.4, -0.2) is 22.1 Å². The standard InChI is InChI=1S/C10H8ClFN3O/c1-6-5-13-14-15(6)9-3-7(11)10(16-2)4-8(9)12/h3-4H,1-2H3. The molecule has 0 unspecified atom stereocenters. The minimum Gasteiger partial charge on any atom is -0.495 e. The van der Waals surface area contributed by atoms with Crippen LogP contribution in [0, 0.1) is 18.9 Å². The van der Waals surface area contributed by atoms with Crippen LogP contribution in [0.4, 0.5) is 4.39 Å². The number of aromatic nitrogens is 3. The molecule has 0 aliphatic heterocycles. The van der Waals surface area contributed by atoms with E-state index in [-0.39, 0.29) is 11.4 Å². The fraction of sp³-hybridized carbons (Fsp3) is 0.200. The maximum atomic E-state index is 13.7. The number of benzene rings is 1. The van der Waals surface area contributed by atoms with Crippen molar-refractivity contribution in [2.24, 2.45) is 0 Å². The van der Waals surface area contributed by atoms with Crippen LogP contribution < -0.4 is 4.74 Å². The molecular formula is C10H8ClFN3O. The molecule has 1 aromatic heterocycles. The zero-order valence-electron chi connectivity index (χ0n) is 8.66. The monoisotopic (exact) mass is 240 g/mol. The summed E-state index contributed by atoms with van der Waals surface area (Å²) in [6.45, 7) is 1.72. The number of hydrogen-bond donors (Lipinski definition) is 0. The average molecular weight is 241 g/mol. The van der Waals surface area contributed by atoms with Gasteiger partial charge >= 0.3 is 0 Å². The number of rotatable bonds is 2. The number of ether oxygens (including phenoxy) is 1. The first-order valence-corrected chi connectivity index (χ1v) is 4.84. The van der Waals surface area contributed by atoms with Gasteiger partial charge in [-0.2, -0.15) is 0 Å². The molecule has 0 saturated heterocycles. The minimum atomic E-state index is -0.483. The second-order valence-corrected chi connectivity index (χ2v) is 3.54. The summed E-state index contributed by atoms with van der Waals surface area (Å²) in [7, 11) is 1.43. The number of halogens is 2. The molecule has 16 heavy (non-hydrogen) atoms. The Kier molecular flexibility index (Phi) is 2.78. The van der Waals surface area contributed by atoms with Crippen molar-refractivity contribution < 1.29 is 9.13 Å². The van der Waals surface area contributed by atoms with Gasteiger partial charge in [-0.1, -0.05) is 16.8 Å². The Hall–Kier alpha value is -1.62. The molecule has 0 amide bonds. The van der Waals surface area contributed by atoms with Crippen LogP contribution in [0.1, 0.15) is 5.69 Å². The second kappa shape index (κ2) is 4.09. The van der Waals surface area contributed by atoms with Gasteiger partial charge in [0, 0.05) is 6.07 Å². The lowest BCUT2D eigenvalue weighted by atomic mass is 10.3. The van der Waals surface area contributed by atoms with E-state index in [0.29, 0.717) is 10.7 Å². The summed E-state index contributed by atoms with van der Waals surface area (Å²) in [6, 6.07) is 2.64. The summed E-state index contributed by atoms with van der Waals surface area (Å²) in [5, 5.41) is 7.59. The normalized spacial score (nSPS) is 10.5. The van der Waals surface area contributed by atoms with Gasteiger partial charge < -0.3 is 4.74 Å². The van der Waals surface area contributed by atoms with Crippen molar-refractivity contribution >= 4 is 11.6 Å². The lowest BCUT2D eigenvalue weighted by Crippen LogP contribution is -2.02. The lowest BCUT2D eigenvalue weighted by Gasteiger charge is -2.08. The van der Waals surface area contributed by atoms with Crippen molar-refractivity contribution in [1.29, 1.82) is 0 Å². The highest BCUT2D eigenvalue weighted by Gasteiger charge is 2.13. The Morgan fingerprint density at radius 3 is 2.81 bits per heavy atom. The second-order valence-electron chi connectivity index (χ2n) is 3.14. The third-order valence-corrected chi connectivity index (χ3v) is 2.41. The van der Waals surface area contributed by atoms with Crippen LogP contribution in [0.15, 0.2) is 12.1 Å². The third-order valence-electron chi connectivity index (χ3n) is 2.11. The van der Waals surface area contributed by atoms with E-state index >= 15 is 0 Å². The molecule has 0 bridgehead atoms. The van der Waals surface area contributed by atoms with Crippen molar-refractivity contribution in [3.63, 3.8) is 0 Å². The topological polar surface area (TPSA) is 39.9 Å². The van der Waals surface area contributed by atoms with Crippen LogP contribution in [0.3, 0.4) is 0 Å². The van der Waals surface area contributed by atoms with Crippen LogP contribution in [0.5, 0.6) is 5.75 Å². The fourth-order valence-electron chi connectivity index (χ4n) is 1.32. The van der Waals surface area contributed by atoms with Gasteiger partial charge in [-0.15, -0.1) is 5.10 Å². The number of aryl methyl sites for hydroxylation is 1. The van der Waals surface area contributed by atoms with Crippen molar-refractivity contribution in [3.05, 3.63) is 34.9 Å². The minimum absolute atomic E-state index is 0.219. The number of methoxy groups -OCH3 is 1. The van der Waals surface area contributed by atoms with Crippen molar-refractivity contribution in [2.45, 2.75) is 6.92 Å². The molecule has 2 aromatic rings. The van der Waals surface area contributed by atoms with Crippen LogP contribution >= 0.6 is 11.6 Å². The first-order chi connectivity index (χ1) is 7.63. The Balaban J connectivity index is 2.59. The average Bonchev–Trinajstić information content (AvgIpc) is 2.67. The molecule has 1 aromatic carbocycles. The molecule has 4 nitrogen and oxygen atoms in total. The highest BCUT2D eigenvalue weighted by atomic mass is 35.5. The Bertz CT molecular complexity index is 527. The molecule has 83 valence electrons. The maximum Gasteiger partial charge on any atom is 0.152 e. The van der Waals surface area contributed by atoms with Crippen LogP contribution in [-0.2, 0) is 0 Å². The Morgan fingerprint density at radius 2 is 2.25 bits per heavy atom. The molecule has 0 N–H and O–H groups in total. The molecule has 1 radical (unpaired) electrons. The predicted octanol–water partition coefficient (Wildman–Crippen LogP) is 2.18. The predicted molar refractivity (Wildman–Crippen MR) is 56.5 cm³/mol. The summed E-state index contributed by atoms with van der Waals surface area (Å²) in [6.07, 6.45) is 2.60. The molecule has 0 atom stereocenters. The van der Waals surface area contributed by atoms with Gasteiger partial charge in [0.2, 0.25) is 0 Å². The highest BCUT2D eigenvalue weighted by molar-refractivity contribution is 6.32. The van der Waals surface area contributed by atoms with Crippen LogP contribution in [0.2, 0.25) is 5.02 Å². The summed E-state index contributed by atoms with van der Waals surface area (Å²) >= 11 is 5.91. The van der Waals surface area contributed by atoms with Crippen LogP contribution in [0.25, 0.3) is 5.69 Å². The summed E-state index contributed by atoms with van der Waals surface area (Å²) < 4.78 is 19.9. The van der Waals surface area contributed by atoms with E-state index < -0.39 is 5.82 Å². The molecule has 0 spiro atoms. The zero-order chi connectivity index (χ0) is 11.7. The summed E-state index contributed by atoms with van der Waals surface area (Å²) in [4.78, 5) is 0. The van der Waals surface area contributed by atoms with Gasteiger partial charge in [-0.25, -0.2) is 9.07 Å². The van der Waals surface area contributed by atoms with Gasteiger partial charge in [0.15, 0.2) is 5.82 Å². The van der Waals surface area contributed by atoms with E-state index in [0.717, 1.165) is 0 Å². The molecule has 1 heterocycles. The van der Waals surface area contributed by atoms with Gasteiger partial charge in [0.1, 0.15) is 17.6 Å². The lowest BCUT2D eigenvalue weighted by molar-refractivity contribution is 0.411. The first kappa shape index (κ1) is 10.9. The Labute approximate surface area is 96.6 Å². The van der Waals surface area contributed by atoms with Crippen molar-refractivity contribution in [3.8, 4) is 11.4 Å². The van der Waals surface area contributed by atoms with Gasteiger partial charge in [0.05, 0.1) is 17.8 Å². The number of hydrogen-bond acceptors (Lipinski definition) is 3. The van der Waals surface area contributed by atoms with E-state index in [2.05, 4.69) is 16.5 Å². The van der Waals surface area contributed by atoms with Gasteiger partial charge in [0.25, 0.3) is 0 Å². The smallest absolute Gasteiger partial charge is 0.152 e. The zero-order valence-corrected chi connectivity index (χ0v) is 9.42. The number of nitrogens with zero attached hydrogens (tertiary/aromatic N) is 3. The van der Waals surface area contributed by atoms with E-state index in [4.69, 9.17) is 16.3 Å². The summed E-state index contributed by atoms with van der Waals surface area (Å²) in [5.41, 5.74) is 0.817. The summed E-state index contributed by atoms with van der Waals surface area (Å²) in [5.74, 6) is -0.201. The van der Waals surface area contributed by atoms with Gasteiger partial charge in [-0.3, -0.25) is 0 Å². The maximum absolute atomic E-state index is 13.7. The molecule has 2 rings (SSSR count).